The van der Waals surface area contributed by atoms with Crippen LogP contribution in [-0.2, 0) is 11.3 Å². The second-order valence-electron chi connectivity index (χ2n) is 7.37. The lowest BCUT2D eigenvalue weighted by molar-refractivity contribution is 0.0784. The molecular formula is C23H24ClN3O3. The number of halogens is 1. The Kier molecular flexibility index (Phi) is 6.06. The van der Waals surface area contributed by atoms with Gasteiger partial charge in [0.1, 0.15) is 17.0 Å². The van der Waals surface area contributed by atoms with Gasteiger partial charge in [-0.15, -0.1) is 0 Å². The molecule has 0 aliphatic carbocycles. The maximum Gasteiger partial charge on any atom is 0.259 e. The van der Waals surface area contributed by atoms with Crippen LogP contribution in [0.1, 0.15) is 21.7 Å². The van der Waals surface area contributed by atoms with Crippen LogP contribution in [0.2, 0.25) is 5.02 Å². The number of nitrogens with zero attached hydrogens (tertiary/aromatic N) is 3. The van der Waals surface area contributed by atoms with Crippen LogP contribution < -0.4 is 4.90 Å². The number of anilines is 1. The van der Waals surface area contributed by atoms with Gasteiger partial charge in [-0.1, -0.05) is 47.1 Å². The van der Waals surface area contributed by atoms with Gasteiger partial charge in [-0.05, 0) is 30.7 Å². The van der Waals surface area contributed by atoms with Crippen LogP contribution in [0.4, 0.5) is 5.69 Å². The van der Waals surface area contributed by atoms with Gasteiger partial charge in [0.2, 0.25) is 0 Å². The largest absolute Gasteiger partial charge is 0.378 e. The fourth-order valence-corrected chi connectivity index (χ4v) is 3.86. The van der Waals surface area contributed by atoms with Crippen LogP contribution in [0.15, 0.2) is 53.1 Å². The highest BCUT2D eigenvalue weighted by molar-refractivity contribution is 6.33. The molecule has 2 aromatic carbocycles. The minimum atomic E-state index is -0.152. The van der Waals surface area contributed by atoms with Gasteiger partial charge in [0.25, 0.3) is 5.91 Å². The molecule has 6 nitrogen and oxygen atoms in total. The fourth-order valence-electron chi connectivity index (χ4n) is 3.63. The number of rotatable bonds is 5. The van der Waals surface area contributed by atoms with Crippen molar-refractivity contribution in [1.82, 2.24) is 10.1 Å². The zero-order chi connectivity index (χ0) is 21.1. The van der Waals surface area contributed by atoms with E-state index in [0.717, 1.165) is 31.9 Å². The molecule has 0 bridgehead atoms. The van der Waals surface area contributed by atoms with Gasteiger partial charge in [-0.2, -0.15) is 0 Å². The van der Waals surface area contributed by atoms with E-state index >= 15 is 0 Å². The molecule has 0 saturated carbocycles. The summed E-state index contributed by atoms with van der Waals surface area (Å²) in [5.74, 6) is 0.324. The van der Waals surface area contributed by atoms with Gasteiger partial charge in [0, 0.05) is 37.9 Å². The number of amides is 1. The Morgan fingerprint density at radius 2 is 1.83 bits per heavy atom. The first-order valence-corrected chi connectivity index (χ1v) is 10.3. The maximum absolute atomic E-state index is 13.2. The predicted octanol–water partition coefficient (Wildman–Crippen LogP) is 4.41. The lowest BCUT2D eigenvalue weighted by Crippen LogP contribution is -2.36. The molecule has 1 fully saturated rings. The van der Waals surface area contributed by atoms with Gasteiger partial charge in [-0.3, -0.25) is 4.79 Å². The van der Waals surface area contributed by atoms with Crippen molar-refractivity contribution in [3.8, 4) is 11.3 Å². The third-order valence-electron chi connectivity index (χ3n) is 5.28. The van der Waals surface area contributed by atoms with Gasteiger partial charge in [0.15, 0.2) is 0 Å². The Bertz CT molecular complexity index is 1030. The topological polar surface area (TPSA) is 58.8 Å². The zero-order valence-electron chi connectivity index (χ0n) is 17.1. The highest BCUT2D eigenvalue weighted by atomic mass is 35.5. The van der Waals surface area contributed by atoms with Crippen molar-refractivity contribution in [2.45, 2.75) is 13.5 Å². The fraction of sp³-hybridized carbons (Fsp3) is 0.304. The number of benzene rings is 2. The van der Waals surface area contributed by atoms with Gasteiger partial charge in [-0.25, -0.2) is 0 Å². The summed E-state index contributed by atoms with van der Waals surface area (Å²) >= 11 is 6.31. The molecule has 30 heavy (non-hydrogen) atoms. The van der Waals surface area contributed by atoms with Crippen molar-refractivity contribution < 1.29 is 14.1 Å². The number of carbonyl (C=O) groups excluding carboxylic acids is 1. The van der Waals surface area contributed by atoms with E-state index in [9.17, 15) is 4.79 Å². The average Bonchev–Trinajstić information content (AvgIpc) is 3.15. The lowest BCUT2D eigenvalue weighted by atomic mass is 10.0. The third-order valence-corrected chi connectivity index (χ3v) is 5.61. The molecule has 156 valence electrons. The summed E-state index contributed by atoms with van der Waals surface area (Å²) in [4.78, 5) is 17.2. The molecule has 1 aliphatic heterocycles. The Labute approximate surface area is 181 Å². The first-order chi connectivity index (χ1) is 14.5. The highest BCUT2D eigenvalue weighted by Gasteiger charge is 2.25. The van der Waals surface area contributed by atoms with E-state index in [0.29, 0.717) is 34.1 Å². The van der Waals surface area contributed by atoms with Crippen molar-refractivity contribution in [2.75, 3.05) is 38.3 Å². The minimum absolute atomic E-state index is 0.152. The summed E-state index contributed by atoms with van der Waals surface area (Å²) in [6.45, 7) is 5.53. The van der Waals surface area contributed by atoms with Crippen LogP contribution in [0, 0.1) is 6.92 Å². The SMILES string of the molecule is Cc1onc(-c2ccccc2Cl)c1C(=O)N(C)Cc1ccc(N2CCOCC2)cc1. The van der Waals surface area contributed by atoms with Gasteiger partial charge in [0.05, 0.1) is 18.2 Å². The Morgan fingerprint density at radius 3 is 2.53 bits per heavy atom. The van der Waals surface area contributed by atoms with E-state index in [4.69, 9.17) is 20.9 Å². The molecule has 7 heteroatoms. The Balaban J connectivity index is 1.51. The molecule has 4 rings (SSSR count). The summed E-state index contributed by atoms with van der Waals surface area (Å²) in [7, 11) is 1.78. The molecule has 0 radical (unpaired) electrons. The molecule has 0 N–H and O–H groups in total. The summed E-state index contributed by atoms with van der Waals surface area (Å²) in [5.41, 5.74) is 3.82. The van der Waals surface area contributed by atoms with E-state index in [2.05, 4.69) is 34.3 Å². The second-order valence-corrected chi connectivity index (χ2v) is 7.78. The Morgan fingerprint density at radius 1 is 1.13 bits per heavy atom. The normalized spacial score (nSPS) is 14.0. The first-order valence-electron chi connectivity index (χ1n) is 9.93. The number of carbonyl (C=O) groups is 1. The quantitative estimate of drug-likeness (QED) is 0.606. The number of ether oxygens (including phenoxy) is 1. The zero-order valence-corrected chi connectivity index (χ0v) is 17.9. The van der Waals surface area contributed by atoms with Crippen molar-refractivity contribution in [3.05, 3.63) is 70.4 Å². The monoisotopic (exact) mass is 425 g/mol. The summed E-state index contributed by atoms with van der Waals surface area (Å²) < 4.78 is 10.7. The third kappa shape index (κ3) is 4.20. The van der Waals surface area contributed by atoms with Gasteiger partial charge >= 0.3 is 0 Å². The number of hydrogen-bond donors (Lipinski definition) is 0. The highest BCUT2D eigenvalue weighted by Crippen LogP contribution is 2.31. The molecule has 2 heterocycles. The standard InChI is InChI=1S/C23H24ClN3O3/c1-16-21(22(25-30-16)19-5-3-4-6-20(19)24)23(28)26(2)15-17-7-9-18(10-8-17)27-11-13-29-14-12-27/h3-10H,11-15H2,1-2H3. The molecule has 1 aliphatic rings. The lowest BCUT2D eigenvalue weighted by Gasteiger charge is -2.29. The van der Waals surface area contributed by atoms with Gasteiger partial charge < -0.3 is 19.1 Å². The van der Waals surface area contributed by atoms with E-state index in [1.807, 2.05) is 18.2 Å². The number of aromatic nitrogens is 1. The number of morpholine rings is 1. The van der Waals surface area contributed by atoms with E-state index in [1.165, 1.54) is 5.69 Å². The number of aryl methyl sites for hydroxylation is 1. The average molecular weight is 426 g/mol. The molecular weight excluding hydrogens is 402 g/mol. The van der Waals surface area contributed by atoms with Crippen molar-refractivity contribution in [2.24, 2.45) is 0 Å². The molecule has 1 aromatic heterocycles. The van der Waals surface area contributed by atoms with Crippen LogP contribution >= 0.6 is 11.6 Å². The van der Waals surface area contributed by atoms with Crippen LogP contribution in [-0.4, -0.2) is 49.3 Å². The summed E-state index contributed by atoms with van der Waals surface area (Å²) in [5, 5.41) is 4.63. The van der Waals surface area contributed by atoms with Crippen LogP contribution in [0.5, 0.6) is 0 Å². The van der Waals surface area contributed by atoms with Crippen molar-refractivity contribution in [1.29, 1.82) is 0 Å². The van der Waals surface area contributed by atoms with E-state index < -0.39 is 0 Å². The predicted molar refractivity (Wildman–Crippen MR) is 117 cm³/mol. The van der Waals surface area contributed by atoms with E-state index in [1.54, 1.807) is 24.9 Å². The molecule has 3 aromatic rings. The maximum atomic E-state index is 13.2. The summed E-state index contributed by atoms with van der Waals surface area (Å²) in [6, 6.07) is 15.6. The van der Waals surface area contributed by atoms with Crippen LogP contribution in [0.3, 0.4) is 0 Å². The van der Waals surface area contributed by atoms with Crippen molar-refractivity contribution in [3.63, 3.8) is 0 Å². The molecule has 0 atom stereocenters. The minimum Gasteiger partial charge on any atom is -0.378 e. The first kappa shape index (κ1) is 20.4. The molecule has 1 amide bonds. The second kappa shape index (κ2) is 8.90. The number of hydrogen-bond acceptors (Lipinski definition) is 5. The molecule has 0 unspecified atom stereocenters. The van der Waals surface area contributed by atoms with E-state index in [-0.39, 0.29) is 5.91 Å². The molecule has 0 spiro atoms. The smallest absolute Gasteiger partial charge is 0.259 e. The summed E-state index contributed by atoms with van der Waals surface area (Å²) in [6.07, 6.45) is 0. The van der Waals surface area contributed by atoms with Crippen molar-refractivity contribution >= 4 is 23.2 Å². The Hall–Kier alpha value is -2.83. The molecule has 1 saturated heterocycles. The van der Waals surface area contributed by atoms with Crippen LogP contribution in [0.25, 0.3) is 11.3 Å².